The Morgan fingerprint density at radius 3 is 2.69 bits per heavy atom. The zero-order valence-electron chi connectivity index (χ0n) is 6.27. The van der Waals surface area contributed by atoms with E-state index >= 15 is 0 Å². The number of hydrogen-bond donors (Lipinski definition) is 1. The molecule has 0 aliphatic rings. The van der Waals surface area contributed by atoms with Gasteiger partial charge in [-0.2, -0.15) is 13.2 Å². The van der Waals surface area contributed by atoms with E-state index in [0.717, 1.165) is 0 Å². The Kier molecular flexibility index (Phi) is 3.28. The molecule has 0 saturated heterocycles. The predicted octanol–water partition coefficient (Wildman–Crippen LogP) is 2.06. The summed E-state index contributed by atoms with van der Waals surface area (Å²) in [5.74, 6) is 0.202. The summed E-state index contributed by atoms with van der Waals surface area (Å²) in [4.78, 5) is 7.30. The SMILES string of the molecule is FC(F)(F)CNc1ncncc1I. The average molecular weight is 303 g/mol. The standard InChI is InChI=1S/C6H5F3IN3/c7-6(8,9)2-12-5-4(10)1-11-3-13-5/h1,3H,2H2,(H,11,12,13). The third-order valence-corrected chi connectivity index (χ3v) is 1.91. The smallest absolute Gasteiger partial charge is 0.360 e. The van der Waals surface area contributed by atoms with Crippen LogP contribution in [0.2, 0.25) is 0 Å². The highest BCUT2D eigenvalue weighted by Crippen LogP contribution is 2.17. The molecule has 0 aromatic carbocycles. The second-order valence-electron chi connectivity index (χ2n) is 2.19. The fourth-order valence-corrected chi connectivity index (χ4v) is 1.12. The van der Waals surface area contributed by atoms with Gasteiger partial charge in [0.05, 0.1) is 3.57 Å². The van der Waals surface area contributed by atoms with Gasteiger partial charge in [-0.25, -0.2) is 9.97 Å². The molecule has 1 rings (SSSR count). The molecule has 3 nitrogen and oxygen atoms in total. The molecule has 7 heteroatoms. The summed E-state index contributed by atoms with van der Waals surface area (Å²) in [6.45, 7) is -1.08. The minimum absolute atomic E-state index is 0.202. The normalized spacial score (nSPS) is 11.4. The summed E-state index contributed by atoms with van der Waals surface area (Å²) in [6.07, 6.45) is -1.60. The van der Waals surface area contributed by atoms with E-state index in [2.05, 4.69) is 15.3 Å². The number of nitrogens with zero attached hydrogens (tertiary/aromatic N) is 2. The Balaban J connectivity index is 2.60. The Bertz CT molecular complexity index is 289. The van der Waals surface area contributed by atoms with Crippen molar-refractivity contribution in [1.82, 2.24) is 9.97 Å². The monoisotopic (exact) mass is 303 g/mol. The van der Waals surface area contributed by atoms with Crippen molar-refractivity contribution in [1.29, 1.82) is 0 Å². The summed E-state index contributed by atoms with van der Waals surface area (Å²) in [5.41, 5.74) is 0. The van der Waals surface area contributed by atoms with Gasteiger partial charge in [0, 0.05) is 6.20 Å². The van der Waals surface area contributed by atoms with Crippen molar-refractivity contribution in [3.05, 3.63) is 16.1 Å². The summed E-state index contributed by atoms with van der Waals surface area (Å²) >= 11 is 1.86. The van der Waals surface area contributed by atoms with Gasteiger partial charge in [-0.15, -0.1) is 0 Å². The van der Waals surface area contributed by atoms with E-state index in [-0.39, 0.29) is 5.82 Å². The van der Waals surface area contributed by atoms with Gasteiger partial charge in [-0.1, -0.05) is 0 Å². The number of rotatable bonds is 2. The Morgan fingerprint density at radius 1 is 1.46 bits per heavy atom. The van der Waals surface area contributed by atoms with Crippen LogP contribution in [-0.2, 0) is 0 Å². The van der Waals surface area contributed by atoms with Gasteiger partial charge in [-0.3, -0.25) is 0 Å². The second-order valence-corrected chi connectivity index (χ2v) is 3.35. The predicted molar refractivity (Wildman–Crippen MR) is 49.3 cm³/mol. The van der Waals surface area contributed by atoms with E-state index < -0.39 is 12.7 Å². The van der Waals surface area contributed by atoms with E-state index in [9.17, 15) is 13.2 Å². The zero-order chi connectivity index (χ0) is 9.90. The molecule has 0 radical (unpaired) electrons. The Morgan fingerprint density at radius 2 is 2.15 bits per heavy atom. The van der Waals surface area contributed by atoms with E-state index in [1.807, 2.05) is 22.6 Å². The van der Waals surface area contributed by atoms with Crippen molar-refractivity contribution in [2.45, 2.75) is 6.18 Å². The van der Waals surface area contributed by atoms with Crippen molar-refractivity contribution in [2.24, 2.45) is 0 Å². The molecule has 1 heterocycles. The highest BCUT2D eigenvalue weighted by atomic mass is 127. The molecule has 13 heavy (non-hydrogen) atoms. The molecule has 0 unspecified atom stereocenters. The topological polar surface area (TPSA) is 37.8 Å². The Hall–Kier alpha value is -0.600. The molecule has 0 aliphatic heterocycles. The summed E-state index contributed by atoms with van der Waals surface area (Å²) in [7, 11) is 0. The molecule has 1 N–H and O–H groups in total. The molecule has 0 spiro atoms. The van der Waals surface area contributed by atoms with Crippen LogP contribution < -0.4 is 5.32 Å². The number of nitrogens with one attached hydrogen (secondary N) is 1. The van der Waals surface area contributed by atoms with Crippen LogP contribution in [-0.4, -0.2) is 22.7 Å². The maximum atomic E-state index is 11.8. The van der Waals surface area contributed by atoms with Crippen LogP contribution in [0.25, 0.3) is 0 Å². The fourth-order valence-electron chi connectivity index (χ4n) is 0.627. The Labute approximate surface area is 85.9 Å². The number of hydrogen-bond acceptors (Lipinski definition) is 3. The van der Waals surface area contributed by atoms with Crippen LogP contribution >= 0.6 is 22.6 Å². The van der Waals surface area contributed by atoms with Gasteiger partial charge in [-0.05, 0) is 22.6 Å². The van der Waals surface area contributed by atoms with E-state index in [1.54, 1.807) is 0 Å². The molecular weight excluding hydrogens is 298 g/mol. The van der Waals surface area contributed by atoms with E-state index in [4.69, 9.17) is 0 Å². The highest BCUT2D eigenvalue weighted by molar-refractivity contribution is 14.1. The van der Waals surface area contributed by atoms with Crippen molar-refractivity contribution in [3.63, 3.8) is 0 Å². The first-order chi connectivity index (χ1) is 5.99. The van der Waals surface area contributed by atoms with Crippen LogP contribution in [0.3, 0.4) is 0 Å². The molecule has 0 saturated carbocycles. The van der Waals surface area contributed by atoms with Crippen molar-refractivity contribution in [2.75, 3.05) is 11.9 Å². The maximum absolute atomic E-state index is 11.8. The summed E-state index contributed by atoms with van der Waals surface area (Å²) < 4.78 is 35.9. The lowest BCUT2D eigenvalue weighted by Gasteiger charge is -2.08. The highest BCUT2D eigenvalue weighted by Gasteiger charge is 2.27. The minimum atomic E-state index is -4.23. The van der Waals surface area contributed by atoms with Crippen LogP contribution in [0.4, 0.5) is 19.0 Å². The van der Waals surface area contributed by atoms with Gasteiger partial charge >= 0.3 is 6.18 Å². The van der Waals surface area contributed by atoms with Gasteiger partial charge < -0.3 is 5.32 Å². The first kappa shape index (κ1) is 10.5. The van der Waals surface area contributed by atoms with Crippen molar-refractivity contribution in [3.8, 4) is 0 Å². The minimum Gasteiger partial charge on any atom is -0.360 e. The van der Waals surface area contributed by atoms with Gasteiger partial charge in [0.25, 0.3) is 0 Å². The number of anilines is 1. The lowest BCUT2D eigenvalue weighted by Crippen LogP contribution is -2.22. The van der Waals surface area contributed by atoms with Gasteiger partial charge in [0.15, 0.2) is 0 Å². The van der Waals surface area contributed by atoms with Crippen LogP contribution in [0.1, 0.15) is 0 Å². The number of aromatic nitrogens is 2. The maximum Gasteiger partial charge on any atom is 0.405 e. The first-order valence-electron chi connectivity index (χ1n) is 3.25. The zero-order valence-corrected chi connectivity index (χ0v) is 8.43. The molecule has 0 atom stereocenters. The summed E-state index contributed by atoms with van der Waals surface area (Å²) in [6, 6.07) is 0. The van der Waals surface area contributed by atoms with Crippen molar-refractivity contribution >= 4 is 28.4 Å². The van der Waals surface area contributed by atoms with Gasteiger partial charge in [0.1, 0.15) is 18.7 Å². The molecule has 1 aromatic rings. The quantitative estimate of drug-likeness (QED) is 0.850. The van der Waals surface area contributed by atoms with E-state index in [1.165, 1.54) is 12.5 Å². The molecular formula is C6H5F3IN3. The fraction of sp³-hybridized carbons (Fsp3) is 0.333. The third kappa shape index (κ3) is 3.75. The lowest BCUT2D eigenvalue weighted by atomic mass is 10.5. The summed E-state index contributed by atoms with van der Waals surface area (Å²) in [5, 5.41) is 2.17. The van der Waals surface area contributed by atoms with E-state index in [0.29, 0.717) is 3.57 Å². The molecule has 0 bridgehead atoms. The number of halogens is 4. The van der Waals surface area contributed by atoms with Crippen LogP contribution in [0, 0.1) is 3.57 Å². The molecule has 0 fully saturated rings. The molecule has 0 amide bonds. The lowest BCUT2D eigenvalue weighted by molar-refractivity contribution is -0.115. The van der Waals surface area contributed by atoms with Crippen LogP contribution in [0.5, 0.6) is 0 Å². The molecule has 1 aromatic heterocycles. The largest absolute Gasteiger partial charge is 0.405 e. The second kappa shape index (κ2) is 4.07. The van der Waals surface area contributed by atoms with Crippen molar-refractivity contribution < 1.29 is 13.2 Å². The molecule has 0 aliphatic carbocycles. The first-order valence-corrected chi connectivity index (χ1v) is 4.33. The number of alkyl halides is 3. The molecule has 72 valence electrons. The third-order valence-electron chi connectivity index (χ3n) is 1.12. The van der Waals surface area contributed by atoms with Gasteiger partial charge in [0.2, 0.25) is 0 Å². The average Bonchev–Trinajstić information content (AvgIpc) is 2.01. The van der Waals surface area contributed by atoms with Crippen LogP contribution in [0.15, 0.2) is 12.5 Å².